The highest BCUT2D eigenvalue weighted by Gasteiger charge is 2.23. The molecule has 1 atom stereocenters. The topological polar surface area (TPSA) is 70.2 Å². The van der Waals surface area contributed by atoms with E-state index in [4.69, 9.17) is 4.74 Å². The van der Waals surface area contributed by atoms with E-state index in [-0.39, 0.29) is 11.6 Å². The van der Waals surface area contributed by atoms with E-state index in [1.165, 1.54) is 12.4 Å². The van der Waals surface area contributed by atoms with Crippen molar-refractivity contribution in [2.45, 2.75) is 6.04 Å². The summed E-state index contributed by atoms with van der Waals surface area (Å²) in [5.74, 6) is 0.715. The minimum atomic E-state index is -0.125. The van der Waals surface area contributed by atoms with Gasteiger partial charge in [-0.05, 0) is 7.05 Å². The first-order valence-corrected chi connectivity index (χ1v) is 5.35. The monoisotopic (exact) mass is 224 g/mol. The van der Waals surface area contributed by atoms with Crippen LogP contribution < -0.4 is 15.8 Å². The van der Waals surface area contributed by atoms with Crippen molar-refractivity contribution in [3.05, 3.63) is 22.7 Å². The summed E-state index contributed by atoms with van der Waals surface area (Å²) in [6, 6.07) is 1.75. The fourth-order valence-corrected chi connectivity index (χ4v) is 1.88. The Morgan fingerprint density at radius 2 is 2.62 bits per heavy atom. The van der Waals surface area contributed by atoms with Crippen molar-refractivity contribution >= 4 is 5.82 Å². The normalized spacial score (nSPS) is 21.1. The summed E-state index contributed by atoms with van der Waals surface area (Å²) in [5, 5.41) is 3.12. The quantitative estimate of drug-likeness (QED) is 0.703. The smallest absolute Gasteiger partial charge is 0.252 e. The van der Waals surface area contributed by atoms with Crippen LogP contribution in [0.4, 0.5) is 5.82 Å². The van der Waals surface area contributed by atoms with Gasteiger partial charge in [-0.2, -0.15) is 0 Å². The molecular weight excluding hydrogens is 208 g/mol. The van der Waals surface area contributed by atoms with Gasteiger partial charge in [0.25, 0.3) is 5.56 Å². The van der Waals surface area contributed by atoms with E-state index in [1.54, 1.807) is 0 Å². The van der Waals surface area contributed by atoms with Crippen LogP contribution in [0.15, 0.2) is 17.2 Å². The zero-order valence-corrected chi connectivity index (χ0v) is 9.27. The fourth-order valence-electron chi connectivity index (χ4n) is 1.88. The first-order valence-electron chi connectivity index (χ1n) is 5.35. The molecule has 0 aromatic carbocycles. The van der Waals surface area contributed by atoms with Crippen LogP contribution in [0.5, 0.6) is 0 Å². The molecule has 0 radical (unpaired) electrons. The first-order chi connectivity index (χ1) is 7.81. The number of anilines is 1. The molecule has 2 heterocycles. The Labute approximate surface area is 93.6 Å². The van der Waals surface area contributed by atoms with Crippen LogP contribution in [0.3, 0.4) is 0 Å². The van der Waals surface area contributed by atoms with Crippen molar-refractivity contribution in [2.24, 2.45) is 0 Å². The molecular formula is C10H16N4O2. The number of nitrogens with zero attached hydrogens (tertiary/aromatic N) is 2. The summed E-state index contributed by atoms with van der Waals surface area (Å²) < 4.78 is 5.42. The Kier molecular flexibility index (Phi) is 3.53. The van der Waals surface area contributed by atoms with E-state index in [9.17, 15) is 4.79 Å². The maximum absolute atomic E-state index is 11.2. The van der Waals surface area contributed by atoms with Crippen molar-refractivity contribution < 1.29 is 4.74 Å². The molecule has 0 aliphatic carbocycles. The van der Waals surface area contributed by atoms with Gasteiger partial charge in [-0.1, -0.05) is 0 Å². The Bertz CT molecular complexity index is 390. The summed E-state index contributed by atoms with van der Waals surface area (Å²) in [6.45, 7) is 2.92. The molecule has 1 fully saturated rings. The maximum Gasteiger partial charge on any atom is 0.252 e. The second-order valence-corrected chi connectivity index (χ2v) is 3.75. The molecule has 2 rings (SSSR count). The van der Waals surface area contributed by atoms with Crippen LogP contribution in [-0.2, 0) is 4.74 Å². The lowest BCUT2D eigenvalue weighted by atomic mass is 10.2. The zero-order chi connectivity index (χ0) is 11.4. The lowest BCUT2D eigenvalue weighted by Gasteiger charge is -2.36. The number of hydrogen-bond donors (Lipinski definition) is 2. The molecule has 0 spiro atoms. The van der Waals surface area contributed by atoms with Crippen molar-refractivity contribution in [2.75, 3.05) is 38.3 Å². The van der Waals surface area contributed by atoms with E-state index in [0.29, 0.717) is 19.0 Å². The standard InChI is InChI=1S/C10H16N4O2/c1-11-5-8-6-16-3-2-14(8)9-4-10(15)13-7-12-9/h4,7-8,11H,2-3,5-6H2,1H3,(H,12,13,15). The van der Waals surface area contributed by atoms with Crippen molar-refractivity contribution in [3.8, 4) is 0 Å². The molecule has 6 nitrogen and oxygen atoms in total. The van der Waals surface area contributed by atoms with Gasteiger partial charge in [0, 0.05) is 19.2 Å². The van der Waals surface area contributed by atoms with Crippen LogP contribution in [0.1, 0.15) is 0 Å². The Morgan fingerprint density at radius 3 is 3.38 bits per heavy atom. The molecule has 88 valence electrons. The molecule has 1 unspecified atom stereocenters. The van der Waals surface area contributed by atoms with Gasteiger partial charge in [0.1, 0.15) is 5.82 Å². The number of rotatable bonds is 3. The van der Waals surface area contributed by atoms with Crippen LogP contribution in [0.25, 0.3) is 0 Å². The number of nitrogens with one attached hydrogen (secondary N) is 2. The third-order valence-electron chi connectivity index (χ3n) is 2.63. The van der Waals surface area contributed by atoms with Crippen molar-refractivity contribution in [1.29, 1.82) is 0 Å². The number of aromatic amines is 1. The predicted octanol–water partition coefficient (Wildman–Crippen LogP) is -0.805. The molecule has 1 aromatic rings. The lowest BCUT2D eigenvalue weighted by molar-refractivity contribution is 0.0939. The highest BCUT2D eigenvalue weighted by Crippen LogP contribution is 2.14. The molecule has 16 heavy (non-hydrogen) atoms. The van der Waals surface area contributed by atoms with Gasteiger partial charge in [-0.3, -0.25) is 4.79 Å². The summed E-state index contributed by atoms with van der Waals surface area (Å²) in [4.78, 5) is 20.0. The van der Waals surface area contributed by atoms with E-state index < -0.39 is 0 Å². The second-order valence-electron chi connectivity index (χ2n) is 3.75. The molecule has 2 N–H and O–H groups in total. The zero-order valence-electron chi connectivity index (χ0n) is 9.27. The first kappa shape index (κ1) is 11.1. The van der Waals surface area contributed by atoms with Crippen molar-refractivity contribution in [3.63, 3.8) is 0 Å². The SMILES string of the molecule is CNCC1COCCN1c1cc(=O)[nH]cn1. The highest BCUT2D eigenvalue weighted by molar-refractivity contribution is 5.38. The van der Waals surface area contributed by atoms with Gasteiger partial charge >= 0.3 is 0 Å². The molecule has 0 saturated carbocycles. The Balaban J connectivity index is 2.19. The number of ether oxygens (including phenoxy) is 1. The van der Waals surface area contributed by atoms with E-state index in [1.807, 2.05) is 7.05 Å². The van der Waals surface area contributed by atoms with Gasteiger partial charge in [0.15, 0.2) is 0 Å². The number of H-pyrrole nitrogens is 1. The van der Waals surface area contributed by atoms with Crippen LogP contribution in [-0.4, -0.2) is 49.4 Å². The van der Waals surface area contributed by atoms with Gasteiger partial charge < -0.3 is 19.9 Å². The van der Waals surface area contributed by atoms with Gasteiger partial charge in [0.2, 0.25) is 0 Å². The summed E-state index contributed by atoms with van der Waals surface area (Å²) in [6.07, 6.45) is 1.43. The third kappa shape index (κ3) is 2.40. The molecule has 6 heteroatoms. The minimum Gasteiger partial charge on any atom is -0.377 e. The Hall–Kier alpha value is -1.40. The second kappa shape index (κ2) is 5.09. The minimum absolute atomic E-state index is 0.125. The largest absolute Gasteiger partial charge is 0.377 e. The molecule has 1 aliphatic heterocycles. The van der Waals surface area contributed by atoms with Gasteiger partial charge in [-0.25, -0.2) is 4.98 Å². The summed E-state index contributed by atoms with van der Waals surface area (Å²) in [5.41, 5.74) is -0.125. The van der Waals surface area contributed by atoms with E-state index >= 15 is 0 Å². The number of likely N-dealkylation sites (N-methyl/N-ethyl adjacent to an activating group) is 1. The average Bonchev–Trinajstić information content (AvgIpc) is 2.30. The van der Waals surface area contributed by atoms with Crippen molar-refractivity contribution in [1.82, 2.24) is 15.3 Å². The predicted molar refractivity (Wildman–Crippen MR) is 60.7 cm³/mol. The van der Waals surface area contributed by atoms with E-state index in [0.717, 1.165) is 13.1 Å². The van der Waals surface area contributed by atoms with Crippen LogP contribution in [0, 0.1) is 0 Å². The number of morpholine rings is 1. The van der Waals surface area contributed by atoms with Crippen LogP contribution >= 0.6 is 0 Å². The highest BCUT2D eigenvalue weighted by atomic mass is 16.5. The third-order valence-corrected chi connectivity index (χ3v) is 2.63. The molecule has 0 bridgehead atoms. The van der Waals surface area contributed by atoms with Crippen LogP contribution in [0.2, 0.25) is 0 Å². The summed E-state index contributed by atoms with van der Waals surface area (Å²) in [7, 11) is 1.90. The maximum atomic E-state index is 11.2. The lowest BCUT2D eigenvalue weighted by Crippen LogP contribution is -2.50. The fraction of sp³-hybridized carbons (Fsp3) is 0.600. The molecule has 1 aromatic heterocycles. The molecule has 1 aliphatic rings. The Morgan fingerprint density at radius 1 is 1.75 bits per heavy atom. The van der Waals surface area contributed by atoms with Gasteiger partial charge in [0.05, 0.1) is 25.6 Å². The number of aromatic nitrogens is 2. The average molecular weight is 224 g/mol. The molecule has 0 amide bonds. The number of hydrogen-bond acceptors (Lipinski definition) is 5. The van der Waals surface area contributed by atoms with E-state index in [2.05, 4.69) is 20.2 Å². The molecule has 1 saturated heterocycles. The summed E-state index contributed by atoms with van der Waals surface area (Å²) >= 11 is 0. The van der Waals surface area contributed by atoms with Gasteiger partial charge in [-0.15, -0.1) is 0 Å².